The molecule has 102 valence electrons. The van der Waals surface area contributed by atoms with Gasteiger partial charge in [0.15, 0.2) is 0 Å². The van der Waals surface area contributed by atoms with Gasteiger partial charge in [0.05, 0.1) is 0 Å². The van der Waals surface area contributed by atoms with E-state index in [-0.39, 0.29) is 0 Å². The third-order valence-electron chi connectivity index (χ3n) is 4.02. The van der Waals surface area contributed by atoms with Crippen LogP contribution >= 0.6 is 0 Å². The van der Waals surface area contributed by atoms with Crippen LogP contribution in [0.5, 0.6) is 0 Å². The van der Waals surface area contributed by atoms with Gasteiger partial charge < -0.3 is 0 Å². The third kappa shape index (κ3) is 5.71. The molecule has 0 heterocycles. The molecule has 0 heteroatoms. The number of unbranched alkanes of at least 4 members (excludes halogenated alkanes) is 7. The van der Waals surface area contributed by atoms with Crippen molar-refractivity contribution in [2.75, 3.05) is 0 Å². The first kappa shape index (κ1) is 15.3. The molecular weight excluding hydrogens is 216 g/mol. The van der Waals surface area contributed by atoms with E-state index in [9.17, 15) is 0 Å². The summed E-state index contributed by atoms with van der Waals surface area (Å²) >= 11 is 0. The summed E-state index contributed by atoms with van der Waals surface area (Å²) < 4.78 is 0. The lowest BCUT2D eigenvalue weighted by molar-refractivity contribution is 0.575. The first-order valence-electron chi connectivity index (χ1n) is 7.80. The van der Waals surface area contributed by atoms with Crippen molar-refractivity contribution in [1.82, 2.24) is 0 Å². The molecule has 1 aromatic rings. The smallest absolute Gasteiger partial charge is 0.0276 e. The van der Waals surface area contributed by atoms with Gasteiger partial charge in [0.1, 0.15) is 0 Å². The summed E-state index contributed by atoms with van der Waals surface area (Å²) in [6.07, 6.45) is 12.5. The summed E-state index contributed by atoms with van der Waals surface area (Å²) in [5, 5.41) is 0. The van der Waals surface area contributed by atoms with E-state index in [0.717, 1.165) is 0 Å². The summed E-state index contributed by atoms with van der Waals surface area (Å²) in [6.45, 7) is 6.76. The minimum absolute atomic E-state index is 1.27. The molecule has 0 nitrogen and oxygen atoms in total. The summed E-state index contributed by atoms with van der Waals surface area (Å²) in [5.74, 6) is 0. The topological polar surface area (TPSA) is 0 Å². The fraction of sp³-hybridized carbons (Fsp3) is 0.667. The Labute approximate surface area is 114 Å². The molecule has 0 fully saturated rings. The Bertz CT molecular complexity index is 325. The van der Waals surface area contributed by atoms with Crippen molar-refractivity contribution in [2.24, 2.45) is 0 Å². The van der Waals surface area contributed by atoms with E-state index < -0.39 is 0 Å². The van der Waals surface area contributed by atoms with Crippen LogP contribution in [0.4, 0.5) is 0 Å². The Morgan fingerprint density at radius 3 is 2.06 bits per heavy atom. The molecule has 0 spiro atoms. The van der Waals surface area contributed by atoms with Gasteiger partial charge in [0, 0.05) is 0 Å². The van der Waals surface area contributed by atoms with Gasteiger partial charge in [-0.3, -0.25) is 0 Å². The van der Waals surface area contributed by atoms with Crippen molar-refractivity contribution in [3.63, 3.8) is 0 Å². The highest BCUT2D eigenvalue weighted by Crippen LogP contribution is 2.16. The fourth-order valence-electron chi connectivity index (χ4n) is 2.53. The van der Waals surface area contributed by atoms with Crippen LogP contribution < -0.4 is 0 Å². The molecule has 0 aliphatic carbocycles. The van der Waals surface area contributed by atoms with E-state index >= 15 is 0 Å². The molecule has 0 amide bonds. The molecule has 0 aliphatic rings. The maximum atomic E-state index is 2.30. The van der Waals surface area contributed by atoms with Gasteiger partial charge in [-0.15, -0.1) is 0 Å². The van der Waals surface area contributed by atoms with Crippen molar-refractivity contribution in [3.8, 4) is 0 Å². The van der Waals surface area contributed by atoms with Gasteiger partial charge in [0.25, 0.3) is 0 Å². The highest BCUT2D eigenvalue weighted by atomic mass is 14.1. The molecular formula is C18H30. The van der Waals surface area contributed by atoms with Gasteiger partial charge in [-0.1, -0.05) is 70.1 Å². The monoisotopic (exact) mass is 246 g/mol. The maximum absolute atomic E-state index is 2.30. The lowest BCUT2D eigenvalue weighted by Crippen LogP contribution is -1.92. The number of benzene rings is 1. The zero-order valence-corrected chi connectivity index (χ0v) is 12.6. The average Bonchev–Trinajstić information content (AvgIpc) is 2.37. The van der Waals surface area contributed by atoms with Gasteiger partial charge in [-0.25, -0.2) is 0 Å². The van der Waals surface area contributed by atoms with Crippen LogP contribution in [0.15, 0.2) is 18.2 Å². The molecule has 18 heavy (non-hydrogen) atoms. The van der Waals surface area contributed by atoms with E-state index in [1.54, 1.807) is 5.56 Å². The molecule has 0 unspecified atom stereocenters. The lowest BCUT2D eigenvalue weighted by atomic mass is 9.98. The minimum atomic E-state index is 1.27. The maximum Gasteiger partial charge on any atom is -0.0276 e. The van der Waals surface area contributed by atoms with Gasteiger partial charge in [0.2, 0.25) is 0 Å². The second-order valence-electron chi connectivity index (χ2n) is 5.58. The second-order valence-corrected chi connectivity index (χ2v) is 5.58. The van der Waals surface area contributed by atoms with Gasteiger partial charge in [-0.2, -0.15) is 0 Å². The number of rotatable bonds is 9. The summed E-state index contributed by atoms with van der Waals surface area (Å²) in [5.41, 5.74) is 4.49. The van der Waals surface area contributed by atoms with Gasteiger partial charge >= 0.3 is 0 Å². The number of hydrogen-bond donors (Lipinski definition) is 0. The molecule has 0 bridgehead atoms. The van der Waals surface area contributed by atoms with E-state index in [1.807, 2.05) is 0 Å². The van der Waals surface area contributed by atoms with Crippen LogP contribution in [-0.4, -0.2) is 0 Å². The van der Waals surface area contributed by atoms with Crippen LogP contribution in [0.2, 0.25) is 0 Å². The predicted octanol–water partition coefficient (Wildman–Crippen LogP) is 5.99. The highest BCUT2D eigenvalue weighted by molar-refractivity contribution is 5.33. The van der Waals surface area contributed by atoms with E-state index in [2.05, 4.69) is 39.0 Å². The van der Waals surface area contributed by atoms with Crippen LogP contribution in [0.1, 0.15) is 75.0 Å². The Morgan fingerprint density at radius 1 is 0.778 bits per heavy atom. The molecule has 0 atom stereocenters. The van der Waals surface area contributed by atoms with Crippen LogP contribution in [0.25, 0.3) is 0 Å². The van der Waals surface area contributed by atoms with Crippen molar-refractivity contribution < 1.29 is 0 Å². The van der Waals surface area contributed by atoms with Gasteiger partial charge in [-0.05, 0) is 43.4 Å². The van der Waals surface area contributed by atoms with Crippen molar-refractivity contribution in [2.45, 2.75) is 78.6 Å². The van der Waals surface area contributed by atoms with E-state index in [1.165, 1.54) is 68.9 Å². The first-order valence-corrected chi connectivity index (χ1v) is 7.80. The molecule has 1 aromatic carbocycles. The fourth-order valence-corrected chi connectivity index (χ4v) is 2.53. The number of aryl methyl sites for hydroxylation is 2. The molecule has 0 N–H and O–H groups in total. The average molecular weight is 246 g/mol. The van der Waals surface area contributed by atoms with Crippen LogP contribution in [0.3, 0.4) is 0 Å². The summed E-state index contributed by atoms with van der Waals surface area (Å²) in [6, 6.07) is 6.71. The first-order chi connectivity index (χ1) is 8.75. The third-order valence-corrected chi connectivity index (χ3v) is 4.02. The Balaban J connectivity index is 2.09. The zero-order chi connectivity index (χ0) is 13.2. The van der Waals surface area contributed by atoms with Crippen molar-refractivity contribution in [3.05, 3.63) is 34.9 Å². The van der Waals surface area contributed by atoms with Crippen LogP contribution in [0, 0.1) is 13.8 Å². The summed E-state index contributed by atoms with van der Waals surface area (Å²) in [4.78, 5) is 0. The molecule has 0 aliphatic heterocycles. The predicted molar refractivity (Wildman–Crippen MR) is 82.2 cm³/mol. The standard InChI is InChI=1S/C18H30/c1-4-5-6-7-8-9-10-11-14-18-15-12-13-16(2)17(18)3/h12-13,15H,4-11,14H2,1-3H3. The lowest BCUT2D eigenvalue weighted by Gasteiger charge is -2.08. The van der Waals surface area contributed by atoms with Crippen molar-refractivity contribution >= 4 is 0 Å². The molecule has 0 radical (unpaired) electrons. The molecule has 1 rings (SSSR count). The van der Waals surface area contributed by atoms with Crippen LogP contribution in [-0.2, 0) is 6.42 Å². The van der Waals surface area contributed by atoms with Crippen molar-refractivity contribution in [1.29, 1.82) is 0 Å². The summed E-state index contributed by atoms with van der Waals surface area (Å²) in [7, 11) is 0. The quantitative estimate of drug-likeness (QED) is 0.470. The molecule has 0 saturated carbocycles. The Kier molecular flexibility index (Phi) is 7.80. The number of hydrogen-bond acceptors (Lipinski definition) is 0. The largest absolute Gasteiger partial charge is 0.0654 e. The highest BCUT2D eigenvalue weighted by Gasteiger charge is 2.00. The zero-order valence-electron chi connectivity index (χ0n) is 12.6. The SMILES string of the molecule is CCCCCCCCCCc1cccc(C)c1C. The molecule has 0 saturated heterocycles. The normalized spacial score (nSPS) is 10.8. The molecule has 0 aromatic heterocycles. The Morgan fingerprint density at radius 2 is 1.39 bits per heavy atom. The minimum Gasteiger partial charge on any atom is -0.0654 e. The van der Waals surface area contributed by atoms with E-state index in [4.69, 9.17) is 0 Å². The Hall–Kier alpha value is -0.780. The van der Waals surface area contributed by atoms with E-state index in [0.29, 0.717) is 0 Å². The second kappa shape index (κ2) is 9.19.